The first kappa shape index (κ1) is 25.9. The molecule has 0 fully saturated rings. The van der Waals surface area contributed by atoms with Crippen LogP contribution in [0.2, 0.25) is 0 Å². The van der Waals surface area contributed by atoms with Crippen molar-refractivity contribution in [2.75, 3.05) is 0 Å². The molecule has 0 radical (unpaired) electrons. The summed E-state index contributed by atoms with van der Waals surface area (Å²) in [5.41, 5.74) is 4.64. The van der Waals surface area contributed by atoms with Crippen molar-refractivity contribution in [1.29, 1.82) is 0 Å². The minimum atomic E-state index is -1.05. The number of carboxylic acids is 2. The molecule has 8 nitrogen and oxygen atoms in total. The number of nitrogens with zero attached hydrogens (tertiary/aromatic N) is 2. The topological polar surface area (TPSA) is 133 Å². The number of carboxylic acid groups (broad SMARTS) is 2. The highest BCUT2D eigenvalue weighted by molar-refractivity contribution is 6.38. The summed E-state index contributed by atoms with van der Waals surface area (Å²) in [5.74, 6) is -2.75. The van der Waals surface area contributed by atoms with Crippen molar-refractivity contribution in [2.24, 2.45) is 9.98 Å². The Labute approximate surface area is 207 Å². The third-order valence-corrected chi connectivity index (χ3v) is 6.01. The molecule has 3 aromatic rings. The molecule has 36 heavy (non-hydrogen) atoms. The quantitative estimate of drug-likeness (QED) is 0.321. The summed E-state index contributed by atoms with van der Waals surface area (Å²) in [6, 6.07) is 11.7. The Morgan fingerprint density at radius 3 is 1.08 bits per heavy atom. The molecule has 3 rings (SSSR count). The Bertz CT molecular complexity index is 1290. The van der Waals surface area contributed by atoms with Crippen molar-refractivity contribution < 1.29 is 29.4 Å². The molecule has 0 aliphatic carbocycles. The van der Waals surface area contributed by atoms with Crippen LogP contribution in [0.1, 0.15) is 63.7 Å². The van der Waals surface area contributed by atoms with Crippen LogP contribution in [0.3, 0.4) is 0 Å². The Morgan fingerprint density at radius 1 is 0.556 bits per heavy atom. The van der Waals surface area contributed by atoms with Crippen molar-refractivity contribution in [3.05, 3.63) is 93.0 Å². The van der Waals surface area contributed by atoms with Gasteiger partial charge >= 0.3 is 11.9 Å². The zero-order chi connectivity index (χ0) is 26.6. The minimum absolute atomic E-state index is 0.124. The lowest BCUT2D eigenvalue weighted by molar-refractivity contribution is 0.0686. The number of aromatic carboxylic acids is 2. The molecule has 0 aromatic heterocycles. The number of benzene rings is 3. The van der Waals surface area contributed by atoms with Gasteiger partial charge in [-0.2, -0.15) is 0 Å². The monoisotopic (exact) mass is 484 g/mol. The van der Waals surface area contributed by atoms with Crippen LogP contribution in [-0.4, -0.2) is 46.1 Å². The molecule has 0 atom stereocenters. The van der Waals surface area contributed by atoms with E-state index < -0.39 is 11.9 Å². The van der Waals surface area contributed by atoms with Gasteiger partial charge in [-0.05, 0) is 98.5 Å². The summed E-state index contributed by atoms with van der Waals surface area (Å²) >= 11 is 0. The van der Waals surface area contributed by atoms with E-state index in [4.69, 9.17) is 10.2 Å². The van der Waals surface area contributed by atoms with E-state index in [0.717, 1.165) is 0 Å². The standard InChI is InChI=1S/C28H24N2O6/c1-15-16(2)26(24(32)14-30-22-11-7-20(8-12-22)28(35)36)18(4)17(3)25(15)23(31)13-29-21-9-5-19(6-10-21)27(33)34/h5-14H,1-4H3,(H,33,34)(H,35,36). The third-order valence-electron chi connectivity index (χ3n) is 6.01. The van der Waals surface area contributed by atoms with E-state index in [0.29, 0.717) is 44.8 Å². The van der Waals surface area contributed by atoms with Gasteiger partial charge in [0.1, 0.15) is 0 Å². The van der Waals surface area contributed by atoms with Gasteiger partial charge < -0.3 is 10.2 Å². The van der Waals surface area contributed by atoms with E-state index in [1.807, 2.05) is 0 Å². The molecule has 0 saturated heterocycles. The van der Waals surface area contributed by atoms with Crippen molar-refractivity contribution in [1.82, 2.24) is 0 Å². The predicted molar refractivity (Wildman–Crippen MR) is 137 cm³/mol. The number of hydrogen-bond acceptors (Lipinski definition) is 6. The van der Waals surface area contributed by atoms with Gasteiger partial charge in [-0.1, -0.05) is 0 Å². The Kier molecular flexibility index (Phi) is 7.69. The van der Waals surface area contributed by atoms with Crippen LogP contribution in [0.25, 0.3) is 0 Å². The Balaban J connectivity index is 1.88. The highest BCUT2D eigenvalue weighted by atomic mass is 16.4. The van der Waals surface area contributed by atoms with Crippen LogP contribution in [0.15, 0.2) is 58.5 Å². The number of carbonyl (C=O) groups excluding carboxylic acids is 2. The molecule has 0 spiro atoms. The lowest BCUT2D eigenvalue weighted by atomic mass is 9.86. The van der Waals surface area contributed by atoms with Gasteiger partial charge in [0.25, 0.3) is 0 Å². The van der Waals surface area contributed by atoms with Gasteiger partial charge in [-0.15, -0.1) is 0 Å². The second-order valence-corrected chi connectivity index (χ2v) is 8.20. The van der Waals surface area contributed by atoms with Gasteiger partial charge in [0.2, 0.25) is 11.6 Å². The van der Waals surface area contributed by atoms with E-state index in [9.17, 15) is 19.2 Å². The molecule has 0 amide bonds. The highest BCUT2D eigenvalue weighted by Crippen LogP contribution is 2.27. The van der Waals surface area contributed by atoms with Crippen LogP contribution in [-0.2, 0) is 0 Å². The largest absolute Gasteiger partial charge is 0.478 e. The number of Topliss-reactive ketones (excluding diaryl/α,β-unsaturated/α-hetero) is 2. The van der Waals surface area contributed by atoms with Gasteiger partial charge in [0.15, 0.2) is 0 Å². The van der Waals surface area contributed by atoms with Crippen molar-refractivity contribution >= 4 is 47.3 Å². The van der Waals surface area contributed by atoms with E-state index in [1.54, 1.807) is 27.7 Å². The average molecular weight is 485 g/mol. The number of rotatable bonds is 8. The van der Waals surface area contributed by atoms with Crippen molar-refractivity contribution in [2.45, 2.75) is 27.7 Å². The summed E-state index contributed by atoms with van der Waals surface area (Å²) in [5, 5.41) is 18.0. The van der Waals surface area contributed by atoms with Gasteiger partial charge in [-0.25, -0.2) is 9.59 Å². The van der Waals surface area contributed by atoms with Gasteiger partial charge in [-0.3, -0.25) is 19.6 Å². The Morgan fingerprint density at radius 2 is 0.833 bits per heavy atom. The van der Waals surface area contributed by atoms with Gasteiger partial charge in [0, 0.05) is 11.1 Å². The van der Waals surface area contributed by atoms with Crippen LogP contribution in [0, 0.1) is 27.7 Å². The molecule has 0 saturated carbocycles. The summed E-state index contributed by atoms with van der Waals surface area (Å²) in [7, 11) is 0. The number of aliphatic imine (C=N–C) groups is 2. The molecule has 0 aliphatic rings. The zero-order valence-corrected chi connectivity index (χ0v) is 20.2. The fourth-order valence-electron chi connectivity index (χ4n) is 3.83. The first-order chi connectivity index (χ1) is 17.0. The number of carbonyl (C=O) groups is 4. The SMILES string of the molecule is Cc1c(C)c(C(=O)C=Nc2ccc(C(=O)O)cc2)c(C)c(C)c1C(=O)C=Nc1ccc(C(=O)O)cc1. The molecular formula is C28H24N2O6. The molecule has 3 aromatic carbocycles. The van der Waals surface area contributed by atoms with Crippen LogP contribution in [0.5, 0.6) is 0 Å². The van der Waals surface area contributed by atoms with Crippen LogP contribution < -0.4 is 0 Å². The smallest absolute Gasteiger partial charge is 0.335 e. The summed E-state index contributed by atoms with van der Waals surface area (Å²) in [6.07, 6.45) is 2.38. The highest BCUT2D eigenvalue weighted by Gasteiger charge is 2.21. The van der Waals surface area contributed by atoms with Crippen molar-refractivity contribution in [3.8, 4) is 0 Å². The molecule has 0 bridgehead atoms. The molecular weight excluding hydrogens is 460 g/mol. The fraction of sp³-hybridized carbons (Fsp3) is 0.143. The summed E-state index contributed by atoms with van der Waals surface area (Å²) in [4.78, 5) is 56.3. The molecule has 0 aliphatic heterocycles. The van der Waals surface area contributed by atoms with E-state index in [-0.39, 0.29) is 22.7 Å². The molecule has 182 valence electrons. The maximum Gasteiger partial charge on any atom is 0.335 e. The number of hydrogen-bond donors (Lipinski definition) is 2. The van der Waals surface area contributed by atoms with Crippen LogP contribution >= 0.6 is 0 Å². The first-order valence-corrected chi connectivity index (χ1v) is 10.9. The predicted octanol–water partition coefficient (Wildman–Crippen LogP) is 5.49. The summed E-state index contributed by atoms with van der Waals surface area (Å²) in [6.45, 7) is 7.07. The lowest BCUT2D eigenvalue weighted by Gasteiger charge is -2.17. The van der Waals surface area contributed by atoms with E-state index >= 15 is 0 Å². The lowest BCUT2D eigenvalue weighted by Crippen LogP contribution is -2.15. The third kappa shape index (κ3) is 5.50. The second kappa shape index (κ2) is 10.7. The molecule has 8 heteroatoms. The number of ketones is 2. The minimum Gasteiger partial charge on any atom is -0.478 e. The maximum absolute atomic E-state index is 13.0. The van der Waals surface area contributed by atoms with Gasteiger partial charge in [0.05, 0.1) is 34.9 Å². The second-order valence-electron chi connectivity index (χ2n) is 8.20. The summed E-state index contributed by atoms with van der Waals surface area (Å²) < 4.78 is 0. The molecule has 0 unspecified atom stereocenters. The zero-order valence-electron chi connectivity index (χ0n) is 20.2. The maximum atomic E-state index is 13.0. The van der Waals surface area contributed by atoms with Crippen molar-refractivity contribution in [3.63, 3.8) is 0 Å². The van der Waals surface area contributed by atoms with Crippen LogP contribution in [0.4, 0.5) is 11.4 Å². The molecule has 0 heterocycles. The van der Waals surface area contributed by atoms with E-state index in [1.165, 1.54) is 61.0 Å². The fourth-order valence-corrected chi connectivity index (χ4v) is 3.83. The first-order valence-electron chi connectivity index (χ1n) is 10.9. The normalized spacial score (nSPS) is 11.2. The molecule has 2 N–H and O–H groups in total. The Hall–Kier alpha value is -4.72. The average Bonchev–Trinajstić information content (AvgIpc) is 2.85. The van der Waals surface area contributed by atoms with E-state index in [2.05, 4.69) is 9.98 Å².